The molecule has 0 spiro atoms. The number of aliphatic carboxylic acids is 1. The Morgan fingerprint density at radius 2 is 1.71 bits per heavy atom. The first-order valence-electron chi connectivity index (χ1n) is 18.5. The summed E-state index contributed by atoms with van der Waals surface area (Å²) in [7, 11) is 3.67. The number of esters is 1. The third kappa shape index (κ3) is 13.0. The highest BCUT2D eigenvalue weighted by Crippen LogP contribution is 2.31. The van der Waals surface area contributed by atoms with Gasteiger partial charge in [0.1, 0.15) is 16.7 Å². The van der Waals surface area contributed by atoms with Crippen LogP contribution in [0.2, 0.25) is 0 Å². The smallest absolute Gasteiger partial charge is 0.306 e. The van der Waals surface area contributed by atoms with E-state index in [1.165, 1.54) is 18.3 Å². The van der Waals surface area contributed by atoms with E-state index in [-0.39, 0.29) is 48.4 Å². The van der Waals surface area contributed by atoms with E-state index in [0.717, 1.165) is 37.8 Å². The Labute approximate surface area is 313 Å². The molecule has 3 rings (SSSR count). The van der Waals surface area contributed by atoms with Gasteiger partial charge in [0.2, 0.25) is 11.8 Å². The molecule has 1 saturated heterocycles. The van der Waals surface area contributed by atoms with Gasteiger partial charge in [-0.15, -0.1) is 11.3 Å². The summed E-state index contributed by atoms with van der Waals surface area (Å²) in [4.78, 5) is 73.4. The highest BCUT2D eigenvalue weighted by atomic mass is 32.1. The second-order valence-electron chi connectivity index (χ2n) is 15.0. The number of benzene rings is 1. The van der Waals surface area contributed by atoms with Crippen LogP contribution < -0.4 is 10.6 Å². The average molecular weight is 742 g/mol. The van der Waals surface area contributed by atoms with Crippen LogP contribution in [0.1, 0.15) is 114 Å². The van der Waals surface area contributed by atoms with E-state index in [2.05, 4.69) is 34.4 Å². The lowest BCUT2D eigenvalue weighted by molar-refractivity contribution is -0.149. The number of piperidine rings is 1. The van der Waals surface area contributed by atoms with E-state index >= 15 is 0 Å². The Morgan fingerprint density at radius 1 is 1.02 bits per heavy atom. The quantitative estimate of drug-likeness (QED) is 0.159. The Kier molecular flexibility index (Phi) is 16.7. The second-order valence-corrected chi connectivity index (χ2v) is 15.9. The van der Waals surface area contributed by atoms with E-state index in [1.54, 1.807) is 24.3 Å². The number of carbonyl (C=O) groups is 5. The number of carboxylic acids is 1. The van der Waals surface area contributed by atoms with Gasteiger partial charge in [-0.3, -0.25) is 28.9 Å². The van der Waals surface area contributed by atoms with Crippen LogP contribution in [-0.4, -0.2) is 94.4 Å². The largest absolute Gasteiger partial charge is 0.481 e. The molecule has 2 aromatic rings. The van der Waals surface area contributed by atoms with Crippen molar-refractivity contribution >= 4 is 41.0 Å². The molecular formula is C39H59N5O7S. The van der Waals surface area contributed by atoms with Gasteiger partial charge in [-0.1, -0.05) is 71.4 Å². The molecule has 52 heavy (non-hydrogen) atoms. The Balaban J connectivity index is 1.81. The van der Waals surface area contributed by atoms with Gasteiger partial charge in [0.25, 0.3) is 5.91 Å². The minimum Gasteiger partial charge on any atom is -0.481 e. The first-order valence-corrected chi connectivity index (χ1v) is 19.4. The summed E-state index contributed by atoms with van der Waals surface area (Å²) in [5.41, 5.74) is 1.10. The van der Waals surface area contributed by atoms with Crippen LogP contribution in [-0.2, 0) is 30.3 Å². The third-order valence-corrected chi connectivity index (χ3v) is 10.8. The number of likely N-dealkylation sites (tertiary alicyclic amines) is 1. The van der Waals surface area contributed by atoms with Crippen molar-refractivity contribution in [3.63, 3.8) is 0 Å². The molecule has 1 aliphatic heterocycles. The van der Waals surface area contributed by atoms with Gasteiger partial charge in [0.05, 0.1) is 12.0 Å². The Morgan fingerprint density at radius 3 is 2.31 bits per heavy atom. The molecular weight excluding hydrogens is 683 g/mol. The van der Waals surface area contributed by atoms with Gasteiger partial charge < -0.3 is 25.4 Å². The minimum atomic E-state index is -0.943. The average Bonchev–Trinajstić information content (AvgIpc) is 3.58. The summed E-state index contributed by atoms with van der Waals surface area (Å²) < 4.78 is 5.77. The molecule has 2 heterocycles. The SMILES string of the molecule is CC(=O)O[C@H](C[C@H](C(C)C)N(C)C(=O)[C@H](CCC(C)C)NC(=O)[C@H]1CCCCN1C)c1nc(C(=O)N[C@@H](Cc2ccccc2)C[C@H](C)C(=O)O)cs1. The molecule has 12 nitrogen and oxygen atoms in total. The summed E-state index contributed by atoms with van der Waals surface area (Å²) >= 11 is 1.19. The molecule has 1 fully saturated rings. The number of hydrogen-bond acceptors (Lipinski definition) is 9. The Hall–Kier alpha value is -3.84. The standard InChI is InChI=1S/C39H59N5O7S/c1-24(2)17-18-30(41-36(47)32-16-12-13-19-43(32)7)38(48)44(8)33(25(3)4)22-34(51-27(6)45)37-42-31(23-52-37)35(46)40-29(20-26(5)39(49)50)21-28-14-10-9-11-15-28/h9-11,14-15,23-26,29-30,32-34H,12-13,16-22H2,1-8H3,(H,40,46)(H,41,47)(H,49,50)/t26-,29+,30-,32+,33+,34+/m0/s1. The minimum absolute atomic E-state index is 0.0457. The Bertz CT molecular complexity index is 1480. The van der Waals surface area contributed by atoms with E-state index < -0.39 is 42.0 Å². The van der Waals surface area contributed by atoms with Gasteiger partial charge in [-0.25, -0.2) is 4.98 Å². The molecule has 0 aliphatic carbocycles. The summed E-state index contributed by atoms with van der Waals surface area (Å²) in [5, 5.41) is 17.6. The van der Waals surface area contributed by atoms with Crippen molar-refractivity contribution in [3.05, 3.63) is 52.0 Å². The van der Waals surface area contributed by atoms with Crippen LogP contribution >= 0.6 is 11.3 Å². The van der Waals surface area contributed by atoms with E-state index in [1.807, 2.05) is 51.2 Å². The molecule has 6 atom stereocenters. The van der Waals surface area contributed by atoms with E-state index in [4.69, 9.17) is 4.74 Å². The first kappa shape index (κ1) is 42.6. The molecule has 3 N–H and O–H groups in total. The molecule has 0 radical (unpaired) electrons. The summed E-state index contributed by atoms with van der Waals surface area (Å²) in [6, 6.07) is 7.72. The zero-order valence-electron chi connectivity index (χ0n) is 32.1. The number of ether oxygens (including phenoxy) is 1. The molecule has 1 aromatic carbocycles. The maximum Gasteiger partial charge on any atom is 0.306 e. The molecule has 3 amide bonds. The molecule has 288 valence electrons. The molecule has 1 aliphatic rings. The number of likely N-dealkylation sites (N-methyl/N-ethyl adjacent to an activating group) is 2. The lowest BCUT2D eigenvalue weighted by atomic mass is 9.94. The summed E-state index contributed by atoms with van der Waals surface area (Å²) in [6.07, 6.45) is 4.11. The van der Waals surface area contributed by atoms with Crippen molar-refractivity contribution in [2.75, 3.05) is 20.6 Å². The maximum atomic E-state index is 14.2. The third-order valence-electron chi connectivity index (χ3n) is 9.85. The van der Waals surface area contributed by atoms with Crippen LogP contribution in [0, 0.1) is 17.8 Å². The van der Waals surface area contributed by atoms with Crippen LogP contribution in [0.5, 0.6) is 0 Å². The molecule has 1 aromatic heterocycles. The lowest BCUT2D eigenvalue weighted by Gasteiger charge is -2.37. The van der Waals surface area contributed by atoms with Crippen molar-refractivity contribution in [1.29, 1.82) is 0 Å². The van der Waals surface area contributed by atoms with E-state index in [9.17, 15) is 29.1 Å². The van der Waals surface area contributed by atoms with Crippen molar-refractivity contribution in [2.24, 2.45) is 17.8 Å². The van der Waals surface area contributed by atoms with Gasteiger partial charge >= 0.3 is 11.9 Å². The topological polar surface area (TPSA) is 158 Å². The van der Waals surface area contributed by atoms with Gasteiger partial charge in [0, 0.05) is 37.9 Å². The fraction of sp³-hybridized carbons (Fsp3) is 0.641. The van der Waals surface area contributed by atoms with Crippen LogP contribution in [0.25, 0.3) is 0 Å². The second kappa shape index (κ2) is 20.4. The fourth-order valence-corrected chi connectivity index (χ4v) is 7.60. The van der Waals surface area contributed by atoms with Crippen molar-refractivity contribution in [1.82, 2.24) is 25.4 Å². The summed E-state index contributed by atoms with van der Waals surface area (Å²) in [6.45, 7) is 11.9. The highest BCUT2D eigenvalue weighted by Gasteiger charge is 2.36. The van der Waals surface area contributed by atoms with Gasteiger partial charge in [-0.05, 0) is 69.5 Å². The number of carbonyl (C=O) groups excluding carboxylic acids is 4. The molecule has 13 heteroatoms. The predicted octanol–water partition coefficient (Wildman–Crippen LogP) is 5.48. The summed E-state index contributed by atoms with van der Waals surface area (Å²) in [5.74, 6) is -2.63. The van der Waals surface area contributed by atoms with Crippen LogP contribution in [0.4, 0.5) is 0 Å². The number of rotatable bonds is 19. The zero-order valence-corrected chi connectivity index (χ0v) is 32.9. The zero-order chi connectivity index (χ0) is 38.5. The molecule has 0 unspecified atom stereocenters. The fourth-order valence-electron chi connectivity index (χ4n) is 6.76. The molecule has 0 saturated carbocycles. The monoisotopic (exact) mass is 741 g/mol. The predicted molar refractivity (Wildman–Crippen MR) is 202 cm³/mol. The number of amides is 3. The first-order chi connectivity index (χ1) is 24.6. The van der Waals surface area contributed by atoms with E-state index in [0.29, 0.717) is 23.8 Å². The van der Waals surface area contributed by atoms with Crippen LogP contribution in [0.15, 0.2) is 35.7 Å². The number of carboxylic acid groups (broad SMARTS) is 1. The number of thiazole rings is 1. The number of hydrogen-bond donors (Lipinski definition) is 3. The van der Waals surface area contributed by atoms with Crippen molar-refractivity contribution < 1.29 is 33.8 Å². The number of nitrogens with one attached hydrogen (secondary N) is 2. The van der Waals surface area contributed by atoms with Crippen molar-refractivity contribution in [2.45, 2.75) is 123 Å². The normalized spacial score (nSPS) is 17.8. The van der Waals surface area contributed by atoms with Crippen LogP contribution in [0.3, 0.4) is 0 Å². The highest BCUT2D eigenvalue weighted by molar-refractivity contribution is 7.09. The van der Waals surface area contributed by atoms with Gasteiger partial charge in [0.15, 0.2) is 6.10 Å². The maximum absolute atomic E-state index is 14.2. The number of aromatic nitrogens is 1. The van der Waals surface area contributed by atoms with Crippen molar-refractivity contribution in [3.8, 4) is 0 Å². The molecule has 0 bridgehead atoms. The van der Waals surface area contributed by atoms with Gasteiger partial charge in [-0.2, -0.15) is 0 Å². The lowest BCUT2D eigenvalue weighted by Crippen LogP contribution is -2.56. The number of nitrogens with zero attached hydrogens (tertiary/aromatic N) is 3.